The van der Waals surface area contributed by atoms with Crippen LogP contribution in [0.1, 0.15) is 0 Å². The second-order valence-electron chi connectivity index (χ2n) is 6.61. The van der Waals surface area contributed by atoms with Crippen LogP contribution in [-0.4, -0.2) is 31.3 Å². The highest BCUT2D eigenvalue weighted by molar-refractivity contribution is 6.03. The number of morpholine rings is 1. The Morgan fingerprint density at radius 2 is 1.52 bits per heavy atom. The summed E-state index contributed by atoms with van der Waals surface area (Å²) in [6.07, 6.45) is 0. The number of benzene rings is 3. The molecule has 4 aromatic rings. The zero-order valence-electron chi connectivity index (χ0n) is 14.7. The predicted octanol–water partition coefficient (Wildman–Crippen LogP) is 3.84. The second-order valence-corrected chi connectivity index (χ2v) is 6.61. The summed E-state index contributed by atoms with van der Waals surface area (Å²) in [5, 5.41) is 2.77. The lowest BCUT2D eigenvalue weighted by molar-refractivity contribution is 0.120. The van der Waals surface area contributed by atoms with Crippen molar-refractivity contribution in [1.29, 1.82) is 0 Å². The van der Waals surface area contributed by atoms with Crippen molar-refractivity contribution >= 4 is 27.8 Å². The Balaban J connectivity index is 1.77. The quantitative estimate of drug-likeness (QED) is 0.545. The molecule has 0 atom stereocenters. The van der Waals surface area contributed by atoms with Gasteiger partial charge in [-0.15, -0.1) is 0 Å². The van der Waals surface area contributed by atoms with Gasteiger partial charge in [0.2, 0.25) is 0 Å². The summed E-state index contributed by atoms with van der Waals surface area (Å²) >= 11 is 0. The zero-order chi connectivity index (χ0) is 18.2. The Morgan fingerprint density at radius 3 is 2.41 bits per heavy atom. The summed E-state index contributed by atoms with van der Waals surface area (Å²) < 4.78 is 11.6. The molecule has 1 saturated heterocycles. The normalized spacial score (nSPS) is 14.7. The molecule has 1 aliphatic heterocycles. The van der Waals surface area contributed by atoms with E-state index in [4.69, 9.17) is 9.15 Å². The third-order valence-corrected chi connectivity index (χ3v) is 5.00. The average Bonchev–Trinajstić information content (AvgIpc) is 2.73. The molecule has 0 aliphatic carbocycles. The number of para-hydroxylation sites is 1. The number of aromatic nitrogens is 1. The maximum absolute atomic E-state index is 12.7. The standard InChI is InChI=1S/C22H18N2O3/c25-21-19-10-4-9-18(17-8-3-6-15-5-1-2-7-16(15)17)20(19)27-22(23-21)24-11-13-26-14-12-24/h1-10H,11-14H2. The van der Waals surface area contributed by atoms with Crippen molar-refractivity contribution in [3.8, 4) is 11.1 Å². The van der Waals surface area contributed by atoms with E-state index < -0.39 is 0 Å². The predicted molar refractivity (Wildman–Crippen MR) is 106 cm³/mol. The molecule has 0 radical (unpaired) electrons. The Labute approximate surface area is 155 Å². The minimum atomic E-state index is -0.264. The molecule has 134 valence electrons. The van der Waals surface area contributed by atoms with Gasteiger partial charge in [-0.3, -0.25) is 4.79 Å². The molecular formula is C22H18N2O3. The van der Waals surface area contributed by atoms with Gasteiger partial charge in [0, 0.05) is 18.7 Å². The highest BCUT2D eigenvalue weighted by Crippen LogP contribution is 2.34. The van der Waals surface area contributed by atoms with Crippen LogP contribution in [0.2, 0.25) is 0 Å². The smallest absolute Gasteiger partial charge is 0.301 e. The van der Waals surface area contributed by atoms with Crippen LogP contribution in [0, 0.1) is 0 Å². The van der Waals surface area contributed by atoms with E-state index in [1.54, 1.807) is 6.07 Å². The van der Waals surface area contributed by atoms with Gasteiger partial charge in [0.25, 0.3) is 5.56 Å². The molecule has 0 N–H and O–H groups in total. The summed E-state index contributed by atoms with van der Waals surface area (Å²) in [4.78, 5) is 18.8. The number of hydrogen-bond acceptors (Lipinski definition) is 5. The van der Waals surface area contributed by atoms with Gasteiger partial charge in [-0.2, -0.15) is 4.98 Å². The van der Waals surface area contributed by atoms with Crippen LogP contribution < -0.4 is 10.5 Å². The van der Waals surface area contributed by atoms with Crippen molar-refractivity contribution in [2.24, 2.45) is 0 Å². The van der Waals surface area contributed by atoms with Crippen molar-refractivity contribution < 1.29 is 9.15 Å². The van der Waals surface area contributed by atoms with E-state index >= 15 is 0 Å². The van der Waals surface area contributed by atoms with E-state index in [-0.39, 0.29) is 5.56 Å². The van der Waals surface area contributed by atoms with Crippen LogP contribution in [-0.2, 0) is 4.74 Å². The van der Waals surface area contributed by atoms with Crippen molar-refractivity contribution in [2.75, 3.05) is 31.2 Å². The molecule has 0 amide bonds. The van der Waals surface area contributed by atoms with E-state index in [9.17, 15) is 4.79 Å². The highest BCUT2D eigenvalue weighted by atomic mass is 16.5. The van der Waals surface area contributed by atoms with Gasteiger partial charge in [-0.25, -0.2) is 0 Å². The van der Waals surface area contributed by atoms with Crippen LogP contribution in [0.5, 0.6) is 0 Å². The van der Waals surface area contributed by atoms with Gasteiger partial charge in [0.15, 0.2) is 5.58 Å². The largest absolute Gasteiger partial charge is 0.424 e. The molecule has 3 aromatic carbocycles. The number of fused-ring (bicyclic) bond motifs is 2. The molecule has 1 aromatic heterocycles. The monoisotopic (exact) mass is 358 g/mol. The SMILES string of the molecule is O=c1nc(N2CCOCC2)oc2c(-c3cccc4ccccc34)cccc12. The first kappa shape index (κ1) is 16.0. The molecular weight excluding hydrogens is 340 g/mol. The first-order chi connectivity index (χ1) is 13.3. The lowest BCUT2D eigenvalue weighted by atomic mass is 9.97. The van der Waals surface area contributed by atoms with Crippen molar-refractivity contribution in [1.82, 2.24) is 4.98 Å². The molecule has 0 unspecified atom stereocenters. The Kier molecular flexibility index (Phi) is 3.87. The number of hydrogen-bond donors (Lipinski definition) is 0. The Bertz CT molecular complexity index is 1190. The Hall–Kier alpha value is -3.18. The topological polar surface area (TPSA) is 55.6 Å². The van der Waals surface area contributed by atoms with Crippen LogP contribution in [0.15, 0.2) is 69.9 Å². The fraction of sp³-hybridized carbons (Fsp3) is 0.182. The van der Waals surface area contributed by atoms with Gasteiger partial charge in [-0.05, 0) is 22.4 Å². The maximum Gasteiger partial charge on any atom is 0.301 e. The van der Waals surface area contributed by atoms with Crippen LogP contribution >= 0.6 is 0 Å². The molecule has 5 rings (SSSR count). The third kappa shape index (κ3) is 2.76. The van der Waals surface area contributed by atoms with E-state index in [0.29, 0.717) is 43.3 Å². The summed E-state index contributed by atoms with van der Waals surface area (Å²) in [5.74, 6) is 0. The fourth-order valence-electron chi connectivity index (χ4n) is 3.64. The van der Waals surface area contributed by atoms with Gasteiger partial charge in [0.1, 0.15) is 0 Å². The van der Waals surface area contributed by atoms with Gasteiger partial charge >= 0.3 is 6.01 Å². The minimum absolute atomic E-state index is 0.264. The van der Waals surface area contributed by atoms with Crippen molar-refractivity contribution in [3.05, 3.63) is 71.0 Å². The molecule has 2 heterocycles. The molecule has 5 heteroatoms. The Morgan fingerprint density at radius 1 is 0.815 bits per heavy atom. The van der Waals surface area contributed by atoms with Crippen LogP contribution in [0.4, 0.5) is 6.01 Å². The maximum atomic E-state index is 12.7. The van der Waals surface area contributed by atoms with E-state index in [2.05, 4.69) is 29.2 Å². The molecule has 1 aliphatic rings. The zero-order valence-corrected chi connectivity index (χ0v) is 14.7. The van der Waals surface area contributed by atoms with Crippen molar-refractivity contribution in [3.63, 3.8) is 0 Å². The first-order valence-electron chi connectivity index (χ1n) is 9.06. The molecule has 0 bridgehead atoms. The van der Waals surface area contributed by atoms with Crippen LogP contribution in [0.3, 0.4) is 0 Å². The van der Waals surface area contributed by atoms with Crippen molar-refractivity contribution in [2.45, 2.75) is 0 Å². The summed E-state index contributed by atoms with van der Waals surface area (Å²) in [6.45, 7) is 2.54. The molecule has 1 fully saturated rings. The summed E-state index contributed by atoms with van der Waals surface area (Å²) in [5.41, 5.74) is 2.26. The molecule has 0 spiro atoms. The van der Waals surface area contributed by atoms with Crippen LogP contribution in [0.25, 0.3) is 32.9 Å². The lowest BCUT2D eigenvalue weighted by Crippen LogP contribution is -2.37. The van der Waals surface area contributed by atoms with Gasteiger partial charge in [-0.1, -0.05) is 54.6 Å². The summed E-state index contributed by atoms with van der Waals surface area (Å²) in [7, 11) is 0. The van der Waals surface area contributed by atoms with Gasteiger partial charge in [0.05, 0.1) is 18.6 Å². The number of nitrogens with zero attached hydrogens (tertiary/aromatic N) is 2. The average molecular weight is 358 g/mol. The van der Waals surface area contributed by atoms with Gasteiger partial charge < -0.3 is 14.1 Å². The summed E-state index contributed by atoms with van der Waals surface area (Å²) in [6, 6.07) is 20.4. The lowest BCUT2D eigenvalue weighted by Gasteiger charge is -2.26. The number of rotatable bonds is 2. The van der Waals surface area contributed by atoms with E-state index in [0.717, 1.165) is 21.9 Å². The van der Waals surface area contributed by atoms with E-state index in [1.165, 1.54) is 0 Å². The molecule has 0 saturated carbocycles. The third-order valence-electron chi connectivity index (χ3n) is 5.00. The molecule has 5 nitrogen and oxygen atoms in total. The fourth-order valence-corrected chi connectivity index (χ4v) is 3.64. The number of ether oxygens (including phenoxy) is 1. The van der Waals surface area contributed by atoms with E-state index in [1.807, 2.05) is 35.2 Å². The highest BCUT2D eigenvalue weighted by Gasteiger charge is 2.19. The minimum Gasteiger partial charge on any atom is -0.424 e. The first-order valence-corrected chi connectivity index (χ1v) is 9.06. The second kappa shape index (κ2) is 6.52. The molecule has 27 heavy (non-hydrogen) atoms. The number of anilines is 1.